The van der Waals surface area contributed by atoms with Crippen molar-refractivity contribution in [3.05, 3.63) is 18.0 Å². The van der Waals surface area contributed by atoms with E-state index >= 15 is 0 Å². The highest BCUT2D eigenvalue weighted by molar-refractivity contribution is 5.01. The van der Waals surface area contributed by atoms with Crippen LogP contribution in [0.2, 0.25) is 0 Å². The van der Waals surface area contributed by atoms with Crippen LogP contribution < -0.4 is 5.73 Å². The van der Waals surface area contributed by atoms with Gasteiger partial charge in [0, 0.05) is 31.9 Å². The molecule has 1 aliphatic heterocycles. The minimum atomic E-state index is 0.368. The van der Waals surface area contributed by atoms with Gasteiger partial charge in [-0.25, -0.2) is 0 Å². The maximum Gasteiger partial charge on any atom is 0.0764 e. The quantitative estimate of drug-likeness (QED) is 0.863. The van der Waals surface area contributed by atoms with E-state index in [1.165, 1.54) is 31.4 Å². The summed E-state index contributed by atoms with van der Waals surface area (Å²) >= 11 is 0. The molecule has 0 bridgehead atoms. The molecule has 17 heavy (non-hydrogen) atoms. The Hall–Kier alpha value is -0.870. The van der Waals surface area contributed by atoms with E-state index in [1.807, 2.05) is 0 Å². The van der Waals surface area contributed by atoms with Crippen molar-refractivity contribution in [3.63, 3.8) is 0 Å². The lowest BCUT2D eigenvalue weighted by Gasteiger charge is -2.13. The first-order chi connectivity index (χ1) is 8.31. The maximum absolute atomic E-state index is 5.92. The van der Waals surface area contributed by atoms with E-state index in [1.54, 1.807) is 0 Å². The Morgan fingerprint density at radius 2 is 2.12 bits per heavy atom. The lowest BCUT2D eigenvalue weighted by atomic mass is 10.3. The van der Waals surface area contributed by atoms with E-state index in [2.05, 4.69) is 21.8 Å². The number of nitrogens with zero attached hydrogens (tertiary/aromatic N) is 3. The van der Waals surface area contributed by atoms with Gasteiger partial charge in [0.15, 0.2) is 0 Å². The van der Waals surface area contributed by atoms with Gasteiger partial charge in [-0.15, -0.1) is 0 Å². The number of rotatable bonds is 3. The molecule has 1 aliphatic carbocycles. The lowest BCUT2D eigenvalue weighted by molar-refractivity contribution is 0.319. The fourth-order valence-electron chi connectivity index (χ4n) is 3.07. The number of hydrogen-bond acceptors (Lipinski definition) is 3. The second-order valence-corrected chi connectivity index (χ2v) is 5.51. The van der Waals surface area contributed by atoms with Crippen LogP contribution in [-0.2, 0) is 6.54 Å². The van der Waals surface area contributed by atoms with Crippen molar-refractivity contribution in [2.75, 3.05) is 13.1 Å². The molecule has 0 amide bonds. The van der Waals surface area contributed by atoms with Crippen molar-refractivity contribution in [2.24, 2.45) is 5.73 Å². The molecule has 94 valence electrons. The average molecular weight is 234 g/mol. The Kier molecular flexibility index (Phi) is 3.16. The monoisotopic (exact) mass is 234 g/mol. The van der Waals surface area contributed by atoms with Crippen molar-refractivity contribution in [1.82, 2.24) is 14.7 Å². The van der Waals surface area contributed by atoms with Gasteiger partial charge >= 0.3 is 0 Å². The molecule has 1 atom stereocenters. The van der Waals surface area contributed by atoms with Crippen LogP contribution in [0.5, 0.6) is 0 Å². The van der Waals surface area contributed by atoms with Crippen molar-refractivity contribution in [1.29, 1.82) is 0 Å². The highest BCUT2D eigenvalue weighted by Crippen LogP contribution is 2.28. The third kappa shape index (κ3) is 2.53. The summed E-state index contributed by atoms with van der Waals surface area (Å²) in [7, 11) is 0. The Morgan fingerprint density at radius 3 is 2.82 bits per heavy atom. The smallest absolute Gasteiger partial charge is 0.0764 e. The van der Waals surface area contributed by atoms with Crippen molar-refractivity contribution < 1.29 is 0 Å². The Labute approximate surface area is 103 Å². The van der Waals surface area contributed by atoms with Crippen LogP contribution in [0, 0.1) is 0 Å². The minimum Gasteiger partial charge on any atom is -0.326 e. The maximum atomic E-state index is 5.92. The minimum absolute atomic E-state index is 0.368. The van der Waals surface area contributed by atoms with Gasteiger partial charge in [-0.3, -0.25) is 9.58 Å². The summed E-state index contributed by atoms with van der Waals surface area (Å²) in [5.41, 5.74) is 7.12. The molecule has 4 nitrogen and oxygen atoms in total. The molecule has 2 N–H and O–H groups in total. The predicted octanol–water partition coefficient (Wildman–Crippen LogP) is 1.53. The molecule has 1 unspecified atom stereocenters. The zero-order chi connectivity index (χ0) is 11.7. The highest BCUT2D eigenvalue weighted by atomic mass is 15.3. The van der Waals surface area contributed by atoms with Crippen LogP contribution in [0.15, 0.2) is 12.3 Å². The molecule has 1 saturated heterocycles. The third-order valence-electron chi connectivity index (χ3n) is 4.06. The van der Waals surface area contributed by atoms with Crippen molar-refractivity contribution in [3.8, 4) is 0 Å². The summed E-state index contributed by atoms with van der Waals surface area (Å²) in [5.74, 6) is 0. The molecule has 1 aromatic rings. The van der Waals surface area contributed by atoms with E-state index < -0.39 is 0 Å². The van der Waals surface area contributed by atoms with E-state index in [9.17, 15) is 0 Å². The molecular weight excluding hydrogens is 212 g/mol. The van der Waals surface area contributed by atoms with E-state index in [4.69, 9.17) is 10.8 Å². The van der Waals surface area contributed by atoms with E-state index in [0.29, 0.717) is 12.1 Å². The normalized spacial score (nSPS) is 27.0. The molecule has 4 heteroatoms. The number of likely N-dealkylation sites (tertiary alicyclic amines) is 1. The first kappa shape index (κ1) is 11.2. The number of nitrogens with two attached hydrogens (primary N) is 1. The molecule has 0 radical (unpaired) electrons. The van der Waals surface area contributed by atoms with Gasteiger partial charge in [0.2, 0.25) is 0 Å². The fraction of sp³-hybridized carbons (Fsp3) is 0.769. The summed E-state index contributed by atoms with van der Waals surface area (Å²) in [5, 5.41) is 4.71. The van der Waals surface area contributed by atoms with Crippen molar-refractivity contribution in [2.45, 2.75) is 50.7 Å². The molecule has 2 aliphatic rings. The van der Waals surface area contributed by atoms with Crippen LogP contribution in [0.25, 0.3) is 0 Å². The standard InChI is InChI=1S/C13H22N4/c14-11-5-7-16(9-11)10-12-6-8-17(15-12)13-3-1-2-4-13/h6,8,11,13H,1-5,7,9-10,14H2. The van der Waals surface area contributed by atoms with Gasteiger partial charge in [0.25, 0.3) is 0 Å². The fourth-order valence-corrected chi connectivity index (χ4v) is 3.07. The van der Waals surface area contributed by atoms with Crippen LogP contribution >= 0.6 is 0 Å². The first-order valence-electron chi connectivity index (χ1n) is 6.83. The van der Waals surface area contributed by atoms with Gasteiger partial charge in [-0.1, -0.05) is 12.8 Å². The van der Waals surface area contributed by atoms with Gasteiger partial charge in [0.05, 0.1) is 11.7 Å². The van der Waals surface area contributed by atoms with Crippen molar-refractivity contribution >= 4 is 0 Å². The Bertz CT molecular complexity index is 367. The second kappa shape index (κ2) is 4.78. The zero-order valence-corrected chi connectivity index (χ0v) is 10.4. The molecule has 0 aromatic carbocycles. The molecule has 2 fully saturated rings. The highest BCUT2D eigenvalue weighted by Gasteiger charge is 2.21. The summed E-state index contributed by atoms with van der Waals surface area (Å²) in [6, 6.07) is 3.19. The SMILES string of the molecule is NC1CCN(Cc2ccn(C3CCCC3)n2)C1. The average Bonchev–Trinajstić information content (AvgIpc) is 3.00. The van der Waals surface area contributed by atoms with Gasteiger partial charge in [0.1, 0.15) is 0 Å². The van der Waals surface area contributed by atoms with Gasteiger partial charge in [-0.2, -0.15) is 5.10 Å². The number of aromatic nitrogens is 2. The summed E-state index contributed by atoms with van der Waals surface area (Å²) in [6.07, 6.45) is 8.61. The molecule has 1 saturated carbocycles. The van der Waals surface area contributed by atoms with Crippen LogP contribution in [0.1, 0.15) is 43.8 Å². The third-order valence-corrected chi connectivity index (χ3v) is 4.06. The zero-order valence-electron chi connectivity index (χ0n) is 10.4. The summed E-state index contributed by atoms with van der Waals surface area (Å²) in [6.45, 7) is 3.11. The van der Waals surface area contributed by atoms with E-state index in [0.717, 1.165) is 26.1 Å². The predicted molar refractivity (Wildman–Crippen MR) is 67.6 cm³/mol. The molecule has 0 spiro atoms. The second-order valence-electron chi connectivity index (χ2n) is 5.51. The van der Waals surface area contributed by atoms with Gasteiger partial charge < -0.3 is 5.73 Å². The number of hydrogen-bond donors (Lipinski definition) is 1. The summed E-state index contributed by atoms with van der Waals surface area (Å²) in [4.78, 5) is 2.41. The molecule has 1 aromatic heterocycles. The lowest BCUT2D eigenvalue weighted by Crippen LogP contribution is -2.26. The van der Waals surface area contributed by atoms with Gasteiger partial charge in [-0.05, 0) is 25.3 Å². The molecule has 3 rings (SSSR count). The topological polar surface area (TPSA) is 47.1 Å². The van der Waals surface area contributed by atoms with Crippen LogP contribution in [0.4, 0.5) is 0 Å². The van der Waals surface area contributed by atoms with E-state index in [-0.39, 0.29) is 0 Å². The Balaban J connectivity index is 1.60. The van der Waals surface area contributed by atoms with Crippen LogP contribution in [0.3, 0.4) is 0 Å². The molecular formula is C13H22N4. The summed E-state index contributed by atoms with van der Waals surface area (Å²) < 4.78 is 2.18. The largest absolute Gasteiger partial charge is 0.326 e. The first-order valence-corrected chi connectivity index (χ1v) is 6.83. The Morgan fingerprint density at radius 1 is 1.29 bits per heavy atom. The molecule has 2 heterocycles. The van der Waals surface area contributed by atoms with Crippen LogP contribution in [-0.4, -0.2) is 33.8 Å².